The monoisotopic (exact) mass is 240 g/mol. The smallest absolute Gasteiger partial charge is 0.0794 e. The molecule has 2 heterocycles. The van der Waals surface area contributed by atoms with E-state index in [9.17, 15) is 0 Å². The van der Waals surface area contributed by atoms with Gasteiger partial charge in [0.15, 0.2) is 0 Å². The van der Waals surface area contributed by atoms with Gasteiger partial charge in [0.1, 0.15) is 0 Å². The first-order chi connectivity index (χ1) is 7.77. The molecule has 0 saturated carbocycles. The van der Waals surface area contributed by atoms with Gasteiger partial charge in [-0.2, -0.15) is 0 Å². The molecule has 1 aromatic heterocycles. The van der Waals surface area contributed by atoms with Crippen LogP contribution in [0.25, 0.3) is 0 Å². The minimum absolute atomic E-state index is 0.266. The maximum Gasteiger partial charge on any atom is 0.0794 e. The molecule has 0 bridgehead atoms. The Morgan fingerprint density at radius 1 is 1.69 bits per heavy atom. The summed E-state index contributed by atoms with van der Waals surface area (Å²) in [6.07, 6.45) is 4.57. The Hall–Kier alpha value is -0.450. The summed E-state index contributed by atoms with van der Waals surface area (Å²) in [5, 5.41) is 3.48. The number of aromatic nitrogens is 1. The van der Waals surface area contributed by atoms with Crippen LogP contribution in [0.2, 0.25) is 0 Å². The van der Waals surface area contributed by atoms with E-state index in [0.717, 1.165) is 32.5 Å². The van der Waals surface area contributed by atoms with Crippen LogP contribution in [-0.4, -0.2) is 30.8 Å². The molecule has 16 heavy (non-hydrogen) atoms. The summed E-state index contributed by atoms with van der Waals surface area (Å²) in [5.41, 5.74) is 2.18. The molecular weight excluding hydrogens is 220 g/mol. The number of ether oxygens (including phenoxy) is 1. The van der Waals surface area contributed by atoms with E-state index in [2.05, 4.69) is 24.1 Å². The Kier molecular flexibility index (Phi) is 3.95. The average Bonchev–Trinajstić information content (AvgIpc) is 2.88. The largest absolute Gasteiger partial charge is 0.378 e. The summed E-state index contributed by atoms with van der Waals surface area (Å²) in [7, 11) is 0. The normalized spacial score (nSPS) is 29.8. The molecule has 1 N–H and O–H groups in total. The van der Waals surface area contributed by atoms with Crippen molar-refractivity contribution in [2.75, 3.05) is 19.7 Å². The number of hydrogen-bond acceptors (Lipinski definition) is 4. The van der Waals surface area contributed by atoms with E-state index in [1.165, 1.54) is 4.88 Å². The minimum Gasteiger partial charge on any atom is -0.378 e. The molecule has 0 aromatic carbocycles. The third-order valence-electron chi connectivity index (χ3n) is 3.57. The summed E-state index contributed by atoms with van der Waals surface area (Å²) >= 11 is 1.75. The van der Waals surface area contributed by atoms with Gasteiger partial charge in [-0.1, -0.05) is 6.92 Å². The van der Waals surface area contributed by atoms with Crippen molar-refractivity contribution in [1.82, 2.24) is 10.3 Å². The summed E-state index contributed by atoms with van der Waals surface area (Å²) in [6, 6.07) is 0. The van der Waals surface area contributed by atoms with Crippen molar-refractivity contribution in [2.45, 2.75) is 32.8 Å². The zero-order valence-corrected chi connectivity index (χ0v) is 10.8. The minimum atomic E-state index is 0.266. The molecule has 0 spiro atoms. The number of nitrogens with one attached hydrogen (secondary N) is 1. The molecule has 0 radical (unpaired) electrons. The maximum atomic E-state index is 5.76. The molecule has 3 nitrogen and oxygen atoms in total. The average molecular weight is 240 g/mol. The van der Waals surface area contributed by atoms with Gasteiger partial charge >= 0.3 is 0 Å². The predicted molar refractivity (Wildman–Crippen MR) is 66.8 cm³/mol. The molecule has 1 aliphatic heterocycles. The summed E-state index contributed by atoms with van der Waals surface area (Å²) in [5.74, 6) is 0. The molecule has 1 aliphatic rings. The van der Waals surface area contributed by atoms with E-state index in [4.69, 9.17) is 4.74 Å². The Morgan fingerprint density at radius 3 is 3.12 bits per heavy atom. The first kappa shape index (κ1) is 12.0. The second kappa shape index (κ2) is 5.25. The first-order valence-electron chi connectivity index (χ1n) is 5.96. The van der Waals surface area contributed by atoms with Crippen molar-refractivity contribution >= 4 is 11.3 Å². The van der Waals surface area contributed by atoms with E-state index in [1.807, 2.05) is 11.7 Å². The van der Waals surface area contributed by atoms with Crippen molar-refractivity contribution in [3.8, 4) is 0 Å². The van der Waals surface area contributed by atoms with Crippen LogP contribution in [0.4, 0.5) is 0 Å². The van der Waals surface area contributed by atoms with E-state index >= 15 is 0 Å². The molecule has 1 fully saturated rings. The number of rotatable bonds is 5. The molecule has 2 unspecified atom stereocenters. The van der Waals surface area contributed by atoms with Crippen molar-refractivity contribution in [1.29, 1.82) is 0 Å². The quantitative estimate of drug-likeness (QED) is 0.855. The number of thiazole rings is 1. The molecule has 1 aromatic rings. The van der Waals surface area contributed by atoms with Crippen LogP contribution >= 0.6 is 11.3 Å². The summed E-state index contributed by atoms with van der Waals surface area (Å²) in [6.45, 7) is 7.32. The zero-order chi connectivity index (χ0) is 11.4. The van der Waals surface area contributed by atoms with Crippen molar-refractivity contribution in [3.05, 3.63) is 16.6 Å². The molecular formula is C12H20N2OS. The van der Waals surface area contributed by atoms with Gasteiger partial charge in [-0.25, -0.2) is 0 Å². The second-order valence-corrected chi connectivity index (χ2v) is 5.52. The molecule has 0 amide bonds. The van der Waals surface area contributed by atoms with Gasteiger partial charge in [-0.05, 0) is 26.3 Å². The molecule has 4 heteroatoms. The fraction of sp³-hybridized carbons (Fsp3) is 0.750. The standard InChI is InChI=1S/C12H20N2OS/c1-3-13-8-12(4-5-15-10(12)2)6-11-7-14-9-16-11/h7,9-10,13H,3-6,8H2,1-2H3. The van der Waals surface area contributed by atoms with Crippen molar-refractivity contribution in [2.24, 2.45) is 5.41 Å². The maximum absolute atomic E-state index is 5.76. The summed E-state index contributed by atoms with van der Waals surface area (Å²) < 4.78 is 5.76. The van der Waals surface area contributed by atoms with Gasteiger partial charge in [0, 0.05) is 29.6 Å². The van der Waals surface area contributed by atoms with Crippen LogP contribution in [0.15, 0.2) is 11.7 Å². The number of nitrogens with zero attached hydrogens (tertiary/aromatic N) is 1. The van der Waals surface area contributed by atoms with Crippen molar-refractivity contribution in [3.63, 3.8) is 0 Å². The third kappa shape index (κ3) is 2.44. The van der Waals surface area contributed by atoms with Crippen LogP contribution in [0.3, 0.4) is 0 Å². The summed E-state index contributed by atoms with van der Waals surface area (Å²) in [4.78, 5) is 5.53. The van der Waals surface area contributed by atoms with E-state index < -0.39 is 0 Å². The lowest BCUT2D eigenvalue weighted by Gasteiger charge is -2.32. The SMILES string of the molecule is CCNCC1(Cc2cncs2)CCOC1C. The molecule has 2 rings (SSSR count). The lowest BCUT2D eigenvalue weighted by Crippen LogP contribution is -2.41. The first-order valence-corrected chi connectivity index (χ1v) is 6.84. The van der Waals surface area contributed by atoms with Gasteiger partial charge in [0.2, 0.25) is 0 Å². The van der Waals surface area contributed by atoms with Gasteiger partial charge in [-0.3, -0.25) is 4.98 Å². The van der Waals surface area contributed by atoms with Crippen LogP contribution in [0.1, 0.15) is 25.1 Å². The fourth-order valence-electron chi connectivity index (χ4n) is 2.40. The predicted octanol–water partition coefficient (Wildman–Crippen LogP) is 2.09. The lowest BCUT2D eigenvalue weighted by atomic mass is 9.78. The molecule has 1 saturated heterocycles. The van der Waals surface area contributed by atoms with Crippen LogP contribution < -0.4 is 5.32 Å². The molecule has 0 aliphatic carbocycles. The highest BCUT2D eigenvalue weighted by molar-refractivity contribution is 7.09. The lowest BCUT2D eigenvalue weighted by molar-refractivity contribution is 0.0636. The van der Waals surface area contributed by atoms with Crippen molar-refractivity contribution < 1.29 is 4.74 Å². The molecule has 2 atom stereocenters. The van der Waals surface area contributed by atoms with Gasteiger partial charge in [0.25, 0.3) is 0 Å². The Morgan fingerprint density at radius 2 is 2.56 bits per heavy atom. The topological polar surface area (TPSA) is 34.2 Å². The van der Waals surface area contributed by atoms with Crippen LogP contribution in [0.5, 0.6) is 0 Å². The van der Waals surface area contributed by atoms with Crippen LogP contribution in [0, 0.1) is 5.41 Å². The zero-order valence-electron chi connectivity index (χ0n) is 10.0. The van der Waals surface area contributed by atoms with Gasteiger partial charge < -0.3 is 10.1 Å². The van der Waals surface area contributed by atoms with E-state index in [1.54, 1.807) is 11.3 Å². The van der Waals surface area contributed by atoms with Crippen LogP contribution in [-0.2, 0) is 11.2 Å². The second-order valence-electron chi connectivity index (χ2n) is 4.55. The Labute approximate surface area is 101 Å². The molecule has 90 valence electrons. The fourth-order valence-corrected chi connectivity index (χ4v) is 3.15. The Balaban J connectivity index is 2.08. The van der Waals surface area contributed by atoms with Gasteiger partial charge in [-0.15, -0.1) is 11.3 Å². The van der Waals surface area contributed by atoms with E-state index in [0.29, 0.717) is 6.10 Å². The number of hydrogen-bond donors (Lipinski definition) is 1. The Bertz CT molecular complexity index is 315. The van der Waals surface area contributed by atoms with Gasteiger partial charge in [0.05, 0.1) is 11.6 Å². The third-order valence-corrected chi connectivity index (χ3v) is 4.35. The van der Waals surface area contributed by atoms with E-state index in [-0.39, 0.29) is 5.41 Å². The highest BCUT2D eigenvalue weighted by Crippen LogP contribution is 2.38. The highest BCUT2D eigenvalue weighted by atomic mass is 32.1. The highest BCUT2D eigenvalue weighted by Gasteiger charge is 2.41.